The zero-order chi connectivity index (χ0) is 18.0. The van der Waals surface area contributed by atoms with E-state index in [1.807, 2.05) is 50.2 Å². The van der Waals surface area contributed by atoms with Crippen molar-refractivity contribution < 1.29 is 9.59 Å². The first-order chi connectivity index (χ1) is 12.0. The maximum absolute atomic E-state index is 12.4. The van der Waals surface area contributed by atoms with Crippen LogP contribution in [0, 0.1) is 13.8 Å². The van der Waals surface area contributed by atoms with E-state index in [2.05, 4.69) is 5.32 Å². The minimum Gasteiger partial charge on any atom is -0.324 e. The number of nitrogens with zero attached hydrogens (tertiary/aromatic N) is 1. The van der Waals surface area contributed by atoms with Crippen LogP contribution in [0.2, 0.25) is 5.02 Å². The van der Waals surface area contributed by atoms with E-state index in [1.54, 1.807) is 4.90 Å². The second-order valence-electron chi connectivity index (χ2n) is 6.04. The third-order valence-corrected chi connectivity index (χ3v) is 5.41. The van der Waals surface area contributed by atoms with Crippen molar-refractivity contribution in [1.82, 2.24) is 0 Å². The van der Waals surface area contributed by atoms with Crippen LogP contribution in [0.3, 0.4) is 0 Å². The first-order valence-electron chi connectivity index (χ1n) is 8.04. The molecule has 25 heavy (non-hydrogen) atoms. The van der Waals surface area contributed by atoms with Crippen LogP contribution < -0.4 is 10.2 Å². The first-order valence-corrected chi connectivity index (χ1v) is 9.41. The summed E-state index contributed by atoms with van der Waals surface area (Å²) in [5.74, 6) is 0.278. The van der Waals surface area contributed by atoms with Gasteiger partial charge in [0.1, 0.15) is 0 Å². The highest BCUT2D eigenvalue weighted by Gasteiger charge is 2.24. The molecular weight excluding hydrogens is 356 g/mol. The Balaban J connectivity index is 1.68. The average Bonchev–Trinajstić information content (AvgIpc) is 2.57. The zero-order valence-electron chi connectivity index (χ0n) is 14.1. The lowest BCUT2D eigenvalue weighted by molar-refractivity contribution is -0.117. The molecule has 1 heterocycles. The van der Waals surface area contributed by atoms with Crippen LogP contribution in [0.15, 0.2) is 41.3 Å². The highest BCUT2D eigenvalue weighted by atomic mass is 35.5. The number of anilines is 2. The molecule has 0 fully saturated rings. The first kappa shape index (κ1) is 17.8. The van der Waals surface area contributed by atoms with Crippen molar-refractivity contribution in [3.05, 3.63) is 52.5 Å². The van der Waals surface area contributed by atoms with Gasteiger partial charge in [0.25, 0.3) is 0 Å². The van der Waals surface area contributed by atoms with Gasteiger partial charge in [-0.3, -0.25) is 9.59 Å². The lowest BCUT2D eigenvalue weighted by Gasteiger charge is -2.28. The molecule has 0 radical (unpaired) electrons. The molecule has 6 heteroatoms. The fourth-order valence-electron chi connectivity index (χ4n) is 2.89. The maximum Gasteiger partial charge on any atom is 0.237 e. The molecule has 2 aromatic rings. The molecular formula is C19H19ClN2O2S. The number of thioether (sulfide) groups is 1. The number of fused-ring (bicyclic) bond motifs is 1. The van der Waals surface area contributed by atoms with Gasteiger partial charge in [-0.25, -0.2) is 0 Å². The van der Waals surface area contributed by atoms with Crippen molar-refractivity contribution in [2.45, 2.75) is 25.2 Å². The van der Waals surface area contributed by atoms with Gasteiger partial charge in [0.15, 0.2) is 0 Å². The van der Waals surface area contributed by atoms with E-state index in [1.165, 1.54) is 11.8 Å². The summed E-state index contributed by atoms with van der Waals surface area (Å²) in [4.78, 5) is 27.3. The summed E-state index contributed by atoms with van der Waals surface area (Å²) < 4.78 is 0. The summed E-state index contributed by atoms with van der Waals surface area (Å²) in [5.41, 5.74) is 3.49. The van der Waals surface area contributed by atoms with Gasteiger partial charge in [-0.1, -0.05) is 29.8 Å². The molecule has 2 aromatic carbocycles. The van der Waals surface area contributed by atoms with Crippen LogP contribution in [0.25, 0.3) is 0 Å². The van der Waals surface area contributed by atoms with Crippen molar-refractivity contribution in [3.63, 3.8) is 0 Å². The third kappa shape index (κ3) is 3.99. The minimum absolute atomic E-state index is 0.0287. The predicted molar refractivity (Wildman–Crippen MR) is 104 cm³/mol. The van der Waals surface area contributed by atoms with Gasteiger partial charge in [0.05, 0.1) is 22.2 Å². The average molecular weight is 375 g/mol. The largest absolute Gasteiger partial charge is 0.324 e. The summed E-state index contributed by atoms with van der Waals surface area (Å²) in [6, 6.07) is 11.6. The van der Waals surface area contributed by atoms with Crippen LogP contribution in [0.5, 0.6) is 0 Å². The number of para-hydroxylation sites is 1. The standard InChI is InChI=1S/C19H19ClN2O2S/c1-12-9-13(2)19(14(20)10-12)21-17(23)7-8-22-15-5-3-4-6-16(15)25-11-18(22)24/h3-6,9-10H,7-8,11H2,1-2H3,(H,21,23). The number of halogens is 1. The Kier molecular flexibility index (Phi) is 5.35. The molecule has 0 atom stereocenters. The number of amides is 2. The topological polar surface area (TPSA) is 49.4 Å². The van der Waals surface area contributed by atoms with Crippen molar-refractivity contribution in [1.29, 1.82) is 0 Å². The van der Waals surface area contributed by atoms with Crippen molar-refractivity contribution in [2.24, 2.45) is 0 Å². The van der Waals surface area contributed by atoms with Crippen LogP contribution in [0.4, 0.5) is 11.4 Å². The molecule has 1 N–H and O–H groups in total. The molecule has 0 spiro atoms. The van der Waals surface area contributed by atoms with E-state index in [0.29, 0.717) is 23.0 Å². The summed E-state index contributed by atoms with van der Waals surface area (Å²) in [6.45, 7) is 4.22. The monoisotopic (exact) mass is 374 g/mol. The van der Waals surface area contributed by atoms with E-state index in [4.69, 9.17) is 11.6 Å². The van der Waals surface area contributed by atoms with Crippen molar-refractivity contribution in [3.8, 4) is 0 Å². The third-order valence-electron chi connectivity index (χ3n) is 4.07. The Labute approximate surface area is 156 Å². The molecule has 130 valence electrons. The van der Waals surface area contributed by atoms with Gasteiger partial charge in [-0.15, -0.1) is 11.8 Å². The number of aryl methyl sites for hydroxylation is 2. The number of carbonyl (C=O) groups excluding carboxylic acids is 2. The molecule has 1 aliphatic rings. The lowest BCUT2D eigenvalue weighted by atomic mass is 10.1. The number of rotatable bonds is 4. The van der Waals surface area contributed by atoms with Gasteiger partial charge < -0.3 is 10.2 Å². The summed E-state index contributed by atoms with van der Waals surface area (Å²) in [7, 11) is 0. The molecule has 0 saturated carbocycles. The maximum atomic E-state index is 12.4. The SMILES string of the molecule is Cc1cc(C)c(NC(=O)CCN2C(=O)CSc3ccccc32)c(Cl)c1. The van der Waals surface area contributed by atoms with Crippen molar-refractivity contribution >= 4 is 46.6 Å². The van der Waals surface area contributed by atoms with E-state index < -0.39 is 0 Å². The molecule has 2 amide bonds. The Morgan fingerprint density at radius 2 is 2.04 bits per heavy atom. The van der Waals surface area contributed by atoms with Gasteiger partial charge in [-0.2, -0.15) is 0 Å². The Morgan fingerprint density at radius 3 is 2.80 bits per heavy atom. The zero-order valence-corrected chi connectivity index (χ0v) is 15.7. The van der Waals surface area contributed by atoms with E-state index in [9.17, 15) is 9.59 Å². The molecule has 0 unspecified atom stereocenters. The Morgan fingerprint density at radius 1 is 1.28 bits per heavy atom. The van der Waals surface area contributed by atoms with Crippen LogP contribution in [-0.2, 0) is 9.59 Å². The number of carbonyl (C=O) groups is 2. The number of benzene rings is 2. The molecule has 0 bridgehead atoms. The molecule has 4 nitrogen and oxygen atoms in total. The fraction of sp³-hybridized carbons (Fsp3) is 0.263. The number of hydrogen-bond acceptors (Lipinski definition) is 3. The van der Waals surface area contributed by atoms with Gasteiger partial charge in [0.2, 0.25) is 11.8 Å². The minimum atomic E-state index is -0.155. The summed E-state index contributed by atoms with van der Waals surface area (Å²) in [6.07, 6.45) is 0.217. The van der Waals surface area contributed by atoms with E-state index in [-0.39, 0.29) is 18.2 Å². The fourth-order valence-corrected chi connectivity index (χ4v) is 4.19. The molecule has 0 saturated heterocycles. The highest BCUT2D eigenvalue weighted by Crippen LogP contribution is 2.35. The molecule has 0 aliphatic carbocycles. The number of nitrogens with one attached hydrogen (secondary N) is 1. The van der Waals surface area contributed by atoms with Gasteiger partial charge in [-0.05, 0) is 43.2 Å². The van der Waals surface area contributed by atoms with Gasteiger partial charge in [0, 0.05) is 17.9 Å². The van der Waals surface area contributed by atoms with Crippen LogP contribution in [-0.4, -0.2) is 24.1 Å². The Bertz CT molecular complexity index is 815. The van der Waals surface area contributed by atoms with Crippen molar-refractivity contribution in [2.75, 3.05) is 22.5 Å². The highest BCUT2D eigenvalue weighted by molar-refractivity contribution is 8.00. The van der Waals surface area contributed by atoms with E-state index in [0.717, 1.165) is 21.7 Å². The number of hydrogen-bond donors (Lipinski definition) is 1. The van der Waals surface area contributed by atoms with E-state index >= 15 is 0 Å². The summed E-state index contributed by atoms with van der Waals surface area (Å²) in [5, 5.41) is 3.40. The lowest BCUT2D eigenvalue weighted by Crippen LogP contribution is -2.37. The molecule has 3 rings (SSSR count). The second kappa shape index (κ2) is 7.50. The predicted octanol–water partition coefficient (Wildman–Crippen LogP) is 4.42. The molecule has 0 aromatic heterocycles. The quantitative estimate of drug-likeness (QED) is 0.861. The second-order valence-corrected chi connectivity index (χ2v) is 7.46. The van der Waals surface area contributed by atoms with Gasteiger partial charge >= 0.3 is 0 Å². The van der Waals surface area contributed by atoms with Crippen LogP contribution in [0.1, 0.15) is 17.5 Å². The Hall–Kier alpha value is -1.98. The van der Waals surface area contributed by atoms with Crippen LogP contribution >= 0.6 is 23.4 Å². The smallest absolute Gasteiger partial charge is 0.237 e. The normalized spacial score (nSPS) is 13.6. The molecule has 1 aliphatic heterocycles. The summed E-state index contributed by atoms with van der Waals surface area (Å²) >= 11 is 7.77.